The van der Waals surface area contributed by atoms with Gasteiger partial charge in [0.1, 0.15) is 17.3 Å². The summed E-state index contributed by atoms with van der Waals surface area (Å²) in [6.45, 7) is 4.70. The van der Waals surface area contributed by atoms with Crippen molar-refractivity contribution in [1.82, 2.24) is 4.90 Å². The lowest BCUT2D eigenvalue weighted by Crippen LogP contribution is -2.31. The predicted octanol–water partition coefficient (Wildman–Crippen LogP) is 3.98. The Morgan fingerprint density at radius 3 is 2.50 bits per heavy atom. The van der Waals surface area contributed by atoms with E-state index in [1.54, 1.807) is 44.6 Å². The van der Waals surface area contributed by atoms with Crippen LogP contribution in [0.3, 0.4) is 0 Å². The Labute approximate surface area is 187 Å². The Bertz CT molecular complexity index is 1040. The highest BCUT2D eigenvalue weighted by molar-refractivity contribution is 6.46. The van der Waals surface area contributed by atoms with Gasteiger partial charge in [0.15, 0.2) is 0 Å². The van der Waals surface area contributed by atoms with Gasteiger partial charge in [0.2, 0.25) is 0 Å². The number of benzene rings is 2. The lowest BCUT2D eigenvalue weighted by Gasteiger charge is -2.25. The molecule has 1 heterocycles. The maximum absolute atomic E-state index is 13.0. The zero-order valence-electron chi connectivity index (χ0n) is 18.8. The van der Waals surface area contributed by atoms with E-state index in [0.717, 1.165) is 5.56 Å². The lowest BCUT2D eigenvalue weighted by molar-refractivity contribution is -0.140. The van der Waals surface area contributed by atoms with Crippen molar-refractivity contribution in [3.05, 3.63) is 64.7 Å². The van der Waals surface area contributed by atoms with Gasteiger partial charge >= 0.3 is 0 Å². The van der Waals surface area contributed by atoms with Crippen LogP contribution in [0, 0.1) is 0 Å². The summed E-state index contributed by atoms with van der Waals surface area (Å²) in [7, 11) is 3.14. The summed E-state index contributed by atoms with van der Waals surface area (Å²) in [5, 5.41) is 21.2. The van der Waals surface area contributed by atoms with E-state index in [0.29, 0.717) is 29.9 Å². The Kier molecular flexibility index (Phi) is 7.20. The first-order valence-electron chi connectivity index (χ1n) is 10.5. The number of phenolic OH excluding ortho intramolecular Hbond substituents is 1. The zero-order chi connectivity index (χ0) is 23.4. The van der Waals surface area contributed by atoms with Crippen LogP contribution >= 0.6 is 0 Å². The summed E-state index contributed by atoms with van der Waals surface area (Å²) < 4.78 is 10.5. The summed E-state index contributed by atoms with van der Waals surface area (Å²) >= 11 is 0. The van der Waals surface area contributed by atoms with Crippen molar-refractivity contribution in [2.75, 3.05) is 27.4 Å². The quantitative estimate of drug-likeness (QED) is 0.280. The van der Waals surface area contributed by atoms with E-state index in [9.17, 15) is 19.8 Å². The van der Waals surface area contributed by atoms with Crippen LogP contribution in [0.4, 0.5) is 0 Å². The third-order valence-corrected chi connectivity index (χ3v) is 5.60. The fraction of sp³-hybridized carbons (Fsp3) is 0.360. The molecule has 1 aliphatic rings. The number of nitrogens with zero attached hydrogens (tertiary/aromatic N) is 1. The van der Waals surface area contributed by atoms with Gasteiger partial charge in [0.05, 0.1) is 18.7 Å². The van der Waals surface area contributed by atoms with Gasteiger partial charge in [0.25, 0.3) is 11.7 Å². The number of hydrogen-bond acceptors (Lipinski definition) is 6. The number of carbonyl (C=O) groups excluding carboxylic acids is 2. The molecule has 170 valence electrons. The SMILES string of the molecule is COCCCN1C(=O)C(=O)/C(=C(\O)c2ccc(OC)c(C(C)C)c2)C1c1cccc(O)c1. The molecule has 2 aromatic rings. The number of amides is 1. The zero-order valence-corrected chi connectivity index (χ0v) is 18.8. The van der Waals surface area contributed by atoms with E-state index in [1.807, 2.05) is 13.8 Å². The van der Waals surface area contributed by atoms with Gasteiger partial charge in [-0.1, -0.05) is 26.0 Å². The minimum Gasteiger partial charge on any atom is -0.508 e. The fourth-order valence-electron chi connectivity index (χ4n) is 4.02. The Balaban J connectivity index is 2.16. The monoisotopic (exact) mass is 439 g/mol. The van der Waals surface area contributed by atoms with Crippen molar-refractivity contribution in [3.63, 3.8) is 0 Å². The third kappa shape index (κ3) is 4.48. The molecular weight excluding hydrogens is 410 g/mol. The largest absolute Gasteiger partial charge is 0.508 e. The molecule has 1 saturated heterocycles. The van der Waals surface area contributed by atoms with Gasteiger partial charge in [-0.15, -0.1) is 0 Å². The molecule has 7 nitrogen and oxygen atoms in total. The molecule has 3 rings (SSSR count). The van der Waals surface area contributed by atoms with Crippen LogP contribution in [-0.2, 0) is 14.3 Å². The molecule has 7 heteroatoms. The van der Waals surface area contributed by atoms with Gasteiger partial charge in [-0.3, -0.25) is 9.59 Å². The third-order valence-electron chi connectivity index (χ3n) is 5.60. The molecule has 1 amide bonds. The van der Waals surface area contributed by atoms with E-state index >= 15 is 0 Å². The van der Waals surface area contributed by atoms with Crippen LogP contribution in [0.15, 0.2) is 48.0 Å². The van der Waals surface area contributed by atoms with E-state index in [1.165, 1.54) is 17.0 Å². The van der Waals surface area contributed by atoms with Crippen LogP contribution in [0.1, 0.15) is 48.9 Å². The van der Waals surface area contributed by atoms with E-state index in [-0.39, 0.29) is 29.5 Å². The molecule has 0 aliphatic carbocycles. The number of aliphatic hydroxyl groups is 1. The van der Waals surface area contributed by atoms with Crippen molar-refractivity contribution in [2.45, 2.75) is 32.2 Å². The number of ketones is 1. The lowest BCUT2D eigenvalue weighted by atomic mass is 9.93. The number of Topliss-reactive ketones (excluding diaryl/α,β-unsaturated/α-hetero) is 1. The molecule has 0 radical (unpaired) electrons. The van der Waals surface area contributed by atoms with Crippen LogP contribution in [0.5, 0.6) is 11.5 Å². The molecule has 0 saturated carbocycles. The average molecular weight is 440 g/mol. The van der Waals surface area contributed by atoms with Crippen molar-refractivity contribution < 1.29 is 29.3 Å². The first-order chi connectivity index (χ1) is 15.3. The van der Waals surface area contributed by atoms with Gasteiger partial charge < -0.3 is 24.6 Å². The van der Waals surface area contributed by atoms with E-state index < -0.39 is 17.7 Å². The topological polar surface area (TPSA) is 96.3 Å². The summed E-state index contributed by atoms with van der Waals surface area (Å²) in [4.78, 5) is 27.4. The van der Waals surface area contributed by atoms with Crippen molar-refractivity contribution in [2.24, 2.45) is 0 Å². The van der Waals surface area contributed by atoms with Gasteiger partial charge in [-0.05, 0) is 53.8 Å². The standard InChI is InChI=1S/C25H29NO6/c1-15(2)19-14-17(9-10-20(19)32-4)23(28)21-22(16-7-5-8-18(27)13-16)26(11-6-12-31-3)25(30)24(21)29/h5,7-10,13-15,22,27-28H,6,11-12H2,1-4H3/b23-21-. The number of carbonyl (C=O) groups is 2. The molecule has 0 aromatic heterocycles. The molecule has 0 spiro atoms. The number of aliphatic hydroxyl groups excluding tert-OH is 1. The fourth-order valence-corrected chi connectivity index (χ4v) is 4.02. The molecule has 1 aliphatic heterocycles. The number of likely N-dealkylation sites (tertiary alicyclic amines) is 1. The van der Waals surface area contributed by atoms with Crippen molar-refractivity contribution in [1.29, 1.82) is 0 Å². The number of methoxy groups -OCH3 is 2. The highest BCUT2D eigenvalue weighted by Crippen LogP contribution is 2.41. The maximum atomic E-state index is 13.0. The molecule has 0 bridgehead atoms. The number of rotatable bonds is 8. The number of aromatic hydroxyl groups is 1. The number of hydrogen-bond donors (Lipinski definition) is 2. The van der Waals surface area contributed by atoms with Gasteiger partial charge in [-0.25, -0.2) is 0 Å². The van der Waals surface area contributed by atoms with E-state index in [4.69, 9.17) is 9.47 Å². The Morgan fingerprint density at radius 2 is 1.88 bits per heavy atom. The first kappa shape index (κ1) is 23.3. The normalized spacial score (nSPS) is 17.9. The first-order valence-corrected chi connectivity index (χ1v) is 10.5. The molecule has 2 aromatic carbocycles. The summed E-state index contributed by atoms with van der Waals surface area (Å²) in [5.41, 5.74) is 1.84. The molecular formula is C25H29NO6. The van der Waals surface area contributed by atoms with Gasteiger partial charge in [0, 0.05) is 25.8 Å². The molecule has 1 unspecified atom stereocenters. The number of ether oxygens (including phenoxy) is 2. The van der Waals surface area contributed by atoms with Crippen LogP contribution in [0.2, 0.25) is 0 Å². The van der Waals surface area contributed by atoms with E-state index in [2.05, 4.69) is 0 Å². The molecule has 32 heavy (non-hydrogen) atoms. The second kappa shape index (κ2) is 9.87. The second-order valence-electron chi connectivity index (χ2n) is 8.05. The molecule has 2 N–H and O–H groups in total. The molecule has 1 atom stereocenters. The summed E-state index contributed by atoms with van der Waals surface area (Å²) in [6.07, 6.45) is 0.527. The number of phenols is 1. The van der Waals surface area contributed by atoms with Gasteiger partial charge in [-0.2, -0.15) is 0 Å². The summed E-state index contributed by atoms with van der Waals surface area (Å²) in [5.74, 6) is -0.882. The highest BCUT2D eigenvalue weighted by Gasteiger charge is 2.45. The van der Waals surface area contributed by atoms with Crippen LogP contribution < -0.4 is 4.74 Å². The minimum absolute atomic E-state index is 0.00195. The van der Waals surface area contributed by atoms with Crippen molar-refractivity contribution in [3.8, 4) is 11.5 Å². The maximum Gasteiger partial charge on any atom is 0.295 e. The molecule has 1 fully saturated rings. The Hall–Kier alpha value is -3.32. The predicted molar refractivity (Wildman–Crippen MR) is 121 cm³/mol. The minimum atomic E-state index is -0.816. The van der Waals surface area contributed by atoms with Crippen LogP contribution in [-0.4, -0.2) is 54.2 Å². The van der Waals surface area contributed by atoms with Crippen molar-refractivity contribution >= 4 is 17.4 Å². The van der Waals surface area contributed by atoms with Crippen LogP contribution in [0.25, 0.3) is 5.76 Å². The summed E-state index contributed by atoms with van der Waals surface area (Å²) in [6, 6.07) is 10.7. The smallest absolute Gasteiger partial charge is 0.295 e. The average Bonchev–Trinajstić information content (AvgIpc) is 3.03. The Morgan fingerprint density at radius 1 is 1.12 bits per heavy atom. The second-order valence-corrected chi connectivity index (χ2v) is 8.05. The highest BCUT2D eigenvalue weighted by atomic mass is 16.5.